The largest absolute Gasteiger partial charge is 0.286 e. The van der Waals surface area contributed by atoms with Crippen LogP contribution in [0.2, 0.25) is 0 Å². The van der Waals surface area contributed by atoms with Gasteiger partial charge in [-0.05, 0) is 33.6 Å². The van der Waals surface area contributed by atoms with Crippen molar-refractivity contribution in [2.75, 3.05) is 40.3 Å². The van der Waals surface area contributed by atoms with Gasteiger partial charge < -0.3 is 0 Å². The summed E-state index contributed by atoms with van der Waals surface area (Å²) in [5, 5.41) is -4.36. The Bertz CT molecular complexity index is 1360. The van der Waals surface area contributed by atoms with Crippen LogP contribution in [0.3, 0.4) is 0 Å². The van der Waals surface area contributed by atoms with Crippen LogP contribution >= 0.6 is 0 Å². The number of unbranched alkanes of at least 4 members (excludes halogenated alkanes) is 1. The van der Waals surface area contributed by atoms with E-state index in [1.54, 1.807) is 0 Å². The van der Waals surface area contributed by atoms with Crippen molar-refractivity contribution in [3.63, 3.8) is 0 Å². The Labute approximate surface area is 208 Å². The maximum atomic E-state index is 12.5. The topological polar surface area (TPSA) is 245 Å². The van der Waals surface area contributed by atoms with E-state index in [0.717, 1.165) is 20.8 Å². The van der Waals surface area contributed by atoms with Crippen LogP contribution < -0.4 is 0 Å². The Morgan fingerprint density at radius 2 is 0.829 bits per heavy atom. The summed E-state index contributed by atoms with van der Waals surface area (Å²) in [5.74, 6) is -6.16. The summed E-state index contributed by atoms with van der Waals surface area (Å²) in [6.45, 7) is 3.29. The maximum absolute atomic E-state index is 12.5. The lowest BCUT2D eigenvalue weighted by molar-refractivity contribution is 0.482. The summed E-state index contributed by atoms with van der Waals surface area (Å²) >= 11 is 0. The lowest BCUT2D eigenvalue weighted by Gasteiger charge is -2.20. The lowest BCUT2D eigenvalue weighted by atomic mass is 10.4. The summed E-state index contributed by atoms with van der Waals surface area (Å²) in [6.07, 6.45) is -0.376. The number of hydrogen-bond acceptors (Lipinski definition) is 12. The third-order valence-electron chi connectivity index (χ3n) is 5.28. The molecule has 0 aliphatic heterocycles. The first-order chi connectivity index (χ1) is 15.3. The molecule has 0 radical (unpaired) electrons. The number of hydrogen-bond donors (Lipinski definition) is 2. The van der Waals surface area contributed by atoms with E-state index in [9.17, 15) is 50.5 Å². The third-order valence-corrected chi connectivity index (χ3v) is 16.4. The summed E-state index contributed by atoms with van der Waals surface area (Å²) in [4.78, 5) is 0. The second-order valence-electron chi connectivity index (χ2n) is 8.22. The molecule has 0 fully saturated rings. The predicted molar refractivity (Wildman–Crippen MR) is 130 cm³/mol. The first-order valence-electron chi connectivity index (χ1n) is 10.1. The van der Waals surface area contributed by atoms with E-state index in [0.29, 0.717) is 0 Å². The van der Waals surface area contributed by atoms with Gasteiger partial charge in [-0.1, -0.05) is 0 Å². The van der Waals surface area contributed by atoms with Gasteiger partial charge in [0.05, 0.1) is 56.0 Å². The van der Waals surface area contributed by atoms with E-state index < -0.39 is 116 Å². The van der Waals surface area contributed by atoms with Crippen molar-refractivity contribution in [2.45, 2.75) is 49.4 Å². The van der Waals surface area contributed by atoms with Crippen molar-refractivity contribution in [2.24, 2.45) is 0 Å². The van der Waals surface area contributed by atoms with E-state index >= 15 is 0 Å². The summed E-state index contributed by atoms with van der Waals surface area (Å²) < 4.78 is 158. The van der Waals surface area contributed by atoms with Crippen LogP contribution in [0.25, 0.3) is 0 Å². The van der Waals surface area contributed by atoms with Crippen molar-refractivity contribution in [1.82, 2.24) is 0 Å². The van der Waals surface area contributed by atoms with Crippen LogP contribution in [0.5, 0.6) is 0 Å². The normalized spacial score (nSPS) is 17.1. The molecule has 3 unspecified atom stereocenters. The Hall–Kier alpha value is -0.380. The Morgan fingerprint density at radius 3 is 1.23 bits per heavy atom. The summed E-state index contributed by atoms with van der Waals surface area (Å²) in [6, 6.07) is 0. The fourth-order valence-corrected chi connectivity index (χ4v) is 13.3. The molecule has 0 aliphatic rings. The molecule has 0 aromatic rings. The minimum Gasteiger partial charge on any atom is -0.286 e. The fourth-order valence-electron chi connectivity index (χ4n) is 2.76. The highest BCUT2D eigenvalue weighted by atomic mass is 32.2. The minimum absolute atomic E-state index is 0.187. The third kappa shape index (κ3) is 13.7. The Morgan fingerprint density at radius 1 is 0.486 bits per heavy atom. The predicted octanol–water partition coefficient (Wildman–Crippen LogP) is -1.63. The first-order valence-corrected chi connectivity index (χ1v) is 20.3. The molecule has 0 spiro atoms. The second kappa shape index (κ2) is 12.4. The molecule has 14 nitrogen and oxygen atoms in total. The molecule has 20 heteroatoms. The van der Waals surface area contributed by atoms with Gasteiger partial charge in [0.2, 0.25) is 0 Å². The molecule has 0 aliphatic carbocycles. The molecule has 0 saturated carbocycles. The number of sulfone groups is 4. The lowest BCUT2D eigenvalue weighted by Crippen LogP contribution is -2.39. The van der Waals surface area contributed by atoms with Crippen molar-refractivity contribution in [3.8, 4) is 0 Å². The van der Waals surface area contributed by atoms with Gasteiger partial charge >= 0.3 is 0 Å². The van der Waals surface area contributed by atoms with Gasteiger partial charge in [-0.3, -0.25) is 9.11 Å². The SMILES string of the molecule is CC(CS(=O)(=O)CCS(=O)(=O)O)S(=O)(=O)CCCCS(=O)(=O)C(C)C(C)S(=O)(=O)CCS(=O)(=O)O. The van der Waals surface area contributed by atoms with E-state index in [4.69, 9.17) is 9.11 Å². The van der Waals surface area contributed by atoms with Gasteiger partial charge in [-0.25, -0.2) is 33.7 Å². The van der Waals surface area contributed by atoms with Gasteiger partial charge in [-0.2, -0.15) is 16.8 Å². The van der Waals surface area contributed by atoms with Crippen molar-refractivity contribution in [1.29, 1.82) is 0 Å². The summed E-state index contributed by atoms with van der Waals surface area (Å²) in [5.41, 5.74) is 0. The van der Waals surface area contributed by atoms with E-state index in [2.05, 4.69) is 0 Å². The monoisotopic (exact) mass is 628 g/mol. The van der Waals surface area contributed by atoms with Gasteiger partial charge in [0.15, 0.2) is 39.3 Å². The Kier molecular flexibility index (Phi) is 12.3. The first kappa shape index (κ1) is 34.6. The van der Waals surface area contributed by atoms with Crippen LogP contribution in [0.4, 0.5) is 0 Å². The highest BCUT2D eigenvalue weighted by Crippen LogP contribution is 2.18. The zero-order valence-corrected chi connectivity index (χ0v) is 24.2. The minimum atomic E-state index is -4.57. The molecule has 0 bridgehead atoms. The molecule has 3 atom stereocenters. The van der Waals surface area contributed by atoms with Crippen molar-refractivity contribution < 1.29 is 59.6 Å². The van der Waals surface area contributed by atoms with E-state index in [-0.39, 0.29) is 12.8 Å². The molecule has 0 rings (SSSR count). The summed E-state index contributed by atoms with van der Waals surface area (Å²) in [7, 11) is -25.5. The smallest absolute Gasteiger partial charge is 0.265 e. The zero-order chi connectivity index (χ0) is 28.1. The van der Waals surface area contributed by atoms with Crippen LogP contribution in [0.1, 0.15) is 33.6 Å². The molecule has 0 heterocycles. The number of rotatable bonds is 17. The highest BCUT2D eigenvalue weighted by Gasteiger charge is 2.35. The van der Waals surface area contributed by atoms with Gasteiger partial charge in [0.1, 0.15) is 0 Å². The molecule has 0 amide bonds. The molecule has 35 heavy (non-hydrogen) atoms. The average Bonchev–Trinajstić information content (AvgIpc) is 2.66. The Balaban J connectivity index is 4.98. The molecule has 0 saturated heterocycles. The zero-order valence-electron chi connectivity index (χ0n) is 19.3. The molecule has 2 N–H and O–H groups in total. The van der Waals surface area contributed by atoms with Crippen LogP contribution in [-0.2, 0) is 59.6 Å². The standard InChI is InChI=1S/C15H32O14S6/c1-13(12-30(16,17)8-10-34(24,25)26)31(18,19)6-4-5-7-32(20,21)14(2)15(3)33(22,23)9-11-35(27,28)29/h13-15H,4-12H2,1-3H3,(H,24,25,26)(H,27,28,29). The highest BCUT2D eigenvalue weighted by molar-refractivity contribution is 7.97. The average molecular weight is 629 g/mol. The quantitative estimate of drug-likeness (QED) is 0.136. The molecule has 0 aromatic heterocycles. The van der Waals surface area contributed by atoms with E-state index in [1.807, 2.05) is 0 Å². The van der Waals surface area contributed by atoms with Crippen LogP contribution in [0.15, 0.2) is 0 Å². The van der Waals surface area contributed by atoms with Crippen molar-refractivity contribution >= 4 is 59.6 Å². The second-order valence-corrected chi connectivity index (χ2v) is 21.1. The van der Waals surface area contributed by atoms with Gasteiger partial charge in [0, 0.05) is 0 Å². The fraction of sp³-hybridized carbons (Fsp3) is 1.00. The van der Waals surface area contributed by atoms with E-state index in [1.165, 1.54) is 0 Å². The molecular weight excluding hydrogens is 597 g/mol. The van der Waals surface area contributed by atoms with Crippen molar-refractivity contribution in [3.05, 3.63) is 0 Å². The molecule has 212 valence electrons. The van der Waals surface area contributed by atoms with Crippen LogP contribution in [0, 0.1) is 0 Å². The molecular formula is C15H32O14S6. The van der Waals surface area contributed by atoms with Gasteiger partial charge in [0.25, 0.3) is 20.2 Å². The van der Waals surface area contributed by atoms with Crippen LogP contribution in [-0.4, -0.2) is 116 Å². The van der Waals surface area contributed by atoms with Gasteiger partial charge in [-0.15, -0.1) is 0 Å². The maximum Gasteiger partial charge on any atom is 0.265 e. The molecule has 0 aromatic carbocycles.